The molecule has 2 aromatic carbocycles. The summed E-state index contributed by atoms with van der Waals surface area (Å²) in [4.78, 5) is 12.0. The van der Waals surface area contributed by atoms with Crippen LogP contribution >= 0.6 is 11.6 Å². The summed E-state index contributed by atoms with van der Waals surface area (Å²) in [6.45, 7) is 6.06. The molecule has 4 heteroatoms. The lowest BCUT2D eigenvalue weighted by Gasteiger charge is -2.18. The van der Waals surface area contributed by atoms with Gasteiger partial charge in [0.1, 0.15) is 0 Å². The highest BCUT2D eigenvalue weighted by molar-refractivity contribution is 6.33. The molecule has 2 aromatic rings. The molecule has 3 nitrogen and oxygen atoms in total. The number of rotatable bonds is 3. The summed E-state index contributed by atoms with van der Waals surface area (Å²) >= 11 is 6.02. The molecule has 110 valence electrons. The summed E-state index contributed by atoms with van der Waals surface area (Å²) in [5.41, 5.74) is 4.09. The highest BCUT2D eigenvalue weighted by Crippen LogP contribution is 2.21. The van der Waals surface area contributed by atoms with Crippen LogP contribution < -0.4 is 10.6 Å². The zero-order valence-electron chi connectivity index (χ0n) is 12.4. The fraction of sp³-hybridized carbons (Fsp3) is 0.235. The van der Waals surface area contributed by atoms with E-state index in [9.17, 15) is 4.79 Å². The third-order valence-corrected chi connectivity index (χ3v) is 3.69. The van der Waals surface area contributed by atoms with Crippen LogP contribution in [0.2, 0.25) is 5.02 Å². The number of urea groups is 1. The molecule has 1 unspecified atom stereocenters. The average Bonchev–Trinajstić information content (AvgIpc) is 2.41. The van der Waals surface area contributed by atoms with E-state index in [1.165, 1.54) is 11.1 Å². The van der Waals surface area contributed by atoms with Crippen molar-refractivity contribution in [2.24, 2.45) is 0 Å². The van der Waals surface area contributed by atoms with Gasteiger partial charge in [-0.2, -0.15) is 0 Å². The Kier molecular flexibility index (Phi) is 4.86. The minimum Gasteiger partial charge on any atom is -0.331 e. The Hall–Kier alpha value is -2.00. The van der Waals surface area contributed by atoms with Crippen LogP contribution in [0.3, 0.4) is 0 Å². The normalized spacial score (nSPS) is 11.8. The van der Waals surface area contributed by atoms with E-state index < -0.39 is 0 Å². The number of anilines is 1. The van der Waals surface area contributed by atoms with Crippen molar-refractivity contribution in [2.75, 3.05) is 5.32 Å². The SMILES string of the molecule is Cc1ccc(C(C)NC(=O)Nc2ccccc2Cl)c(C)c1. The average molecular weight is 303 g/mol. The van der Waals surface area contributed by atoms with E-state index in [0.29, 0.717) is 10.7 Å². The fourth-order valence-corrected chi connectivity index (χ4v) is 2.49. The molecule has 0 spiro atoms. The monoisotopic (exact) mass is 302 g/mol. The Morgan fingerprint density at radius 2 is 1.86 bits per heavy atom. The van der Waals surface area contributed by atoms with Gasteiger partial charge in [-0.3, -0.25) is 0 Å². The number of hydrogen-bond donors (Lipinski definition) is 2. The molecule has 0 fully saturated rings. The van der Waals surface area contributed by atoms with Crippen LogP contribution in [-0.2, 0) is 0 Å². The highest BCUT2D eigenvalue weighted by Gasteiger charge is 2.12. The largest absolute Gasteiger partial charge is 0.331 e. The second kappa shape index (κ2) is 6.64. The molecular formula is C17H19ClN2O. The van der Waals surface area contributed by atoms with Gasteiger partial charge in [0.25, 0.3) is 0 Å². The number of amides is 2. The smallest absolute Gasteiger partial charge is 0.319 e. The van der Waals surface area contributed by atoms with Crippen molar-refractivity contribution in [2.45, 2.75) is 26.8 Å². The molecule has 0 aliphatic rings. The molecule has 0 aliphatic heterocycles. The van der Waals surface area contributed by atoms with Crippen LogP contribution in [0.1, 0.15) is 29.7 Å². The Morgan fingerprint density at radius 3 is 2.52 bits per heavy atom. The van der Waals surface area contributed by atoms with E-state index >= 15 is 0 Å². The maximum absolute atomic E-state index is 12.0. The van der Waals surface area contributed by atoms with Crippen LogP contribution in [-0.4, -0.2) is 6.03 Å². The molecule has 0 heterocycles. The minimum atomic E-state index is -0.268. The molecule has 2 amide bonds. The zero-order chi connectivity index (χ0) is 15.4. The summed E-state index contributed by atoms with van der Waals surface area (Å²) in [6, 6.07) is 13.0. The summed E-state index contributed by atoms with van der Waals surface area (Å²) in [5, 5.41) is 6.20. The minimum absolute atomic E-state index is 0.0758. The molecule has 0 saturated carbocycles. The number of nitrogens with one attached hydrogen (secondary N) is 2. The number of para-hydroxylation sites is 1. The molecule has 0 aliphatic carbocycles. The van der Waals surface area contributed by atoms with Crippen molar-refractivity contribution >= 4 is 23.3 Å². The predicted octanol–water partition coefficient (Wildman–Crippen LogP) is 4.84. The van der Waals surface area contributed by atoms with Gasteiger partial charge in [0, 0.05) is 0 Å². The molecule has 0 saturated heterocycles. The standard InChI is InChI=1S/C17H19ClN2O/c1-11-8-9-14(12(2)10-11)13(3)19-17(21)20-16-7-5-4-6-15(16)18/h4-10,13H,1-3H3,(H2,19,20,21). The van der Waals surface area contributed by atoms with Crippen molar-refractivity contribution in [1.29, 1.82) is 0 Å². The molecule has 2 rings (SSSR count). The maximum atomic E-state index is 12.0. The van der Waals surface area contributed by atoms with Crippen molar-refractivity contribution < 1.29 is 4.79 Å². The maximum Gasteiger partial charge on any atom is 0.319 e. The number of hydrogen-bond acceptors (Lipinski definition) is 1. The number of carbonyl (C=O) groups is 1. The lowest BCUT2D eigenvalue weighted by atomic mass is 10.0. The van der Waals surface area contributed by atoms with Crippen LogP contribution in [0, 0.1) is 13.8 Å². The van der Waals surface area contributed by atoms with Gasteiger partial charge in [0.05, 0.1) is 16.8 Å². The van der Waals surface area contributed by atoms with Gasteiger partial charge in [-0.25, -0.2) is 4.79 Å². The van der Waals surface area contributed by atoms with Crippen molar-refractivity contribution in [1.82, 2.24) is 5.32 Å². The first-order valence-corrected chi connectivity index (χ1v) is 7.24. The lowest BCUT2D eigenvalue weighted by molar-refractivity contribution is 0.249. The summed E-state index contributed by atoms with van der Waals surface area (Å²) in [7, 11) is 0. The number of benzene rings is 2. The summed E-state index contributed by atoms with van der Waals surface area (Å²) < 4.78 is 0. The molecule has 21 heavy (non-hydrogen) atoms. The third-order valence-electron chi connectivity index (χ3n) is 3.36. The Labute approximate surface area is 130 Å². The van der Waals surface area contributed by atoms with Gasteiger partial charge in [-0.15, -0.1) is 0 Å². The van der Waals surface area contributed by atoms with Gasteiger partial charge in [-0.05, 0) is 44.0 Å². The second-order valence-corrected chi connectivity index (χ2v) is 5.57. The number of carbonyl (C=O) groups excluding carboxylic acids is 1. The number of halogens is 1. The summed E-state index contributed by atoms with van der Waals surface area (Å²) in [6.07, 6.45) is 0. The van der Waals surface area contributed by atoms with Crippen LogP contribution in [0.15, 0.2) is 42.5 Å². The molecule has 1 atom stereocenters. The lowest BCUT2D eigenvalue weighted by Crippen LogP contribution is -2.31. The fourth-order valence-electron chi connectivity index (χ4n) is 2.31. The van der Waals surface area contributed by atoms with Gasteiger partial charge >= 0.3 is 6.03 Å². The van der Waals surface area contributed by atoms with Crippen molar-refractivity contribution in [3.05, 3.63) is 64.2 Å². The van der Waals surface area contributed by atoms with Crippen LogP contribution in [0.4, 0.5) is 10.5 Å². The van der Waals surface area contributed by atoms with Crippen molar-refractivity contribution in [3.63, 3.8) is 0 Å². The Morgan fingerprint density at radius 1 is 1.14 bits per heavy atom. The topological polar surface area (TPSA) is 41.1 Å². The van der Waals surface area contributed by atoms with Gasteiger partial charge in [0.2, 0.25) is 0 Å². The van der Waals surface area contributed by atoms with Crippen molar-refractivity contribution in [3.8, 4) is 0 Å². The molecule has 0 radical (unpaired) electrons. The quantitative estimate of drug-likeness (QED) is 0.837. The molecule has 2 N–H and O–H groups in total. The first-order chi connectivity index (χ1) is 9.97. The number of aryl methyl sites for hydroxylation is 2. The molecular weight excluding hydrogens is 284 g/mol. The second-order valence-electron chi connectivity index (χ2n) is 5.16. The third kappa shape index (κ3) is 3.99. The Bertz CT molecular complexity index is 655. The van der Waals surface area contributed by atoms with Crippen LogP contribution in [0.5, 0.6) is 0 Å². The van der Waals surface area contributed by atoms with Gasteiger partial charge < -0.3 is 10.6 Å². The van der Waals surface area contributed by atoms with E-state index in [1.807, 2.05) is 38.1 Å². The van der Waals surface area contributed by atoms with E-state index in [4.69, 9.17) is 11.6 Å². The van der Waals surface area contributed by atoms with E-state index in [1.54, 1.807) is 12.1 Å². The van der Waals surface area contributed by atoms with Gasteiger partial charge in [-0.1, -0.05) is 47.5 Å². The molecule has 0 aromatic heterocycles. The van der Waals surface area contributed by atoms with E-state index in [-0.39, 0.29) is 12.1 Å². The van der Waals surface area contributed by atoms with E-state index in [0.717, 1.165) is 5.56 Å². The van der Waals surface area contributed by atoms with Gasteiger partial charge in [0.15, 0.2) is 0 Å². The highest BCUT2D eigenvalue weighted by atomic mass is 35.5. The summed E-state index contributed by atoms with van der Waals surface area (Å²) in [5.74, 6) is 0. The predicted molar refractivity (Wildman–Crippen MR) is 87.9 cm³/mol. The Balaban J connectivity index is 2.04. The van der Waals surface area contributed by atoms with Crippen LogP contribution in [0.25, 0.3) is 0 Å². The molecule has 0 bridgehead atoms. The zero-order valence-corrected chi connectivity index (χ0v) is 13.2. The first-order valence-electron chi connectivity index (χ1n) is 6.86. The first kappa shape index (κ1) is 15.4. The van der Waals surface area contributed by atoms with E-state index in [2.05, 4.69) is 23.6 Å².